The van der Waals surface area contributed by atoms with Gasteiger partial charge in [0.25, 0.3) is 0 Å². The first-order chi connectivity index (χ1) is 8.43. The van der Waals surface area contributed by atoms with Crippen LogP contribution in [0, 0.1) is 17.3 Å². The van der Waals surface area contributed by atoms with E-state index in [0.717, 1.165) is 24.9 Å². The Morgan fingerprint density at radius 1 is 1.17 bits per heavy atom. The lowest BCUT2D eigenvalue weighted by Crippen LogP contribution is -2.25. The van der Waals surface area contributed by atoms with Crippen LogP contribution in [0.15, 0.2) is 11.6 Å². The van der Waals surface area contributed by atoms with Gasteiger partial charge in [0.05, 0.1) is 0 Å². The van der Waals surface area contributed by atoms with Gasteiger partial charge in [0.2, 0.25) is 0 Å². The maximum Gasteiger partial charge on any atom is 0.0161 e. The molecular formula is C17H33N. The van der Waals surface area contributed by atoms with Gasteiger partial charge in [-0.25, -0.2) is 0 Å². The minimum atomic E-state index is 0.506. The zero-order valence-corrected chi connectivity index (χ0v) is 13.2. The smallest absolute Gasteiger partial charge is 0.0161 e. The zero-order valence-electron chi connectivity index (χ0n) is 13.2. The summed E-state index contributed by atoms with van der Waals surface area (Å²) in [6.45, 7) is 13.9. The van der Waals surface area contributed by atoms with Crippen molar-refractivity contribution in [1.29, 1.82) is 0 Å². The fraction of sp³-hybridized carbons (Fsp3) is 0.882. The van der Waals surface area contributed by atoms with Crippen molar-refractivity contribution in [3.05, 3.63) is 11.6 Å². The van der Waals surface area contributed by atoms with E-state index >= 15 is 0 Å². The third-order valence-corrected chi connectivity index (χ3v) is 4.35. The topological polar surface area (TPSA) is 12.0 Å². The van der Waals surface area contributed by atoms with Crippen LogP contribution in [0.5, 0.6) is 0 Å². The van der Waals surface area contributed by atoms with E-state index in [1.165, 1.54) is 37.7 Å². The lowest BCUT2D eigenvalue weighted by atomic mass is 9.69. The molecule has 18 heavy (non-hydrogen) atoms. The number of allylic oxidation sites excluding steroid dienone is 1. The van der Waals surface area contributed by atoms with Crippen molar-refractivity contribution in [1.82, 2.24) is 5.32 Å². The molecule has 0 bridgehead atoms. The van der Waals surface area contributed by atoms with E-state index in [1.807, 2.05) is 0 Å². The average molecular weight is 251 g/mol. The van der Waals surface area contributed by atoms with Crippen LogP contribution in [-0.4, -0.2) is 13.1 Å². The van der Waals surface area contributed by atoms with Crippen molar-refractivity contribution in [2.45, 2.75) is 66.7 Å². The molecule has 1 saturated carbocycles. The Hall–Kier alpha value is -0.300. The highest BCUT2D eigenvalue weighted by atomic mass is 14.8. The van der Waals surface area contributed by atoms with E-state index in [0.29, 0.717) is 5.41 Å². The summed E-state index contributed by atoms with van der Waals surface area (Å²) in [7, 11) is 0. The van der Waals surface area contributed by atoms with Crippen molar-refractivity contribution in [3.63, 3.8) is 0 Å². The Bertz CT molecular complexity index is 251. The molecule has 0 atom stereocenters. The summed E-state index contributed by atoms with van der Waals surface area (Å²) < 4.78 is 0. The van der Waals surface area contributed by atoms with Crippen LogP contribution in [0.25, 0.3) is 0 Å². The second-order valence-electron chi connectivity index (χ2n) is 7.17. The number of hydrogen-bond acceptors (Lipinski definition) is 1. The third-order valence-electron chi connectivity index (χ3n) is 4.35. The molecule has 0 heterocycles. The van der Waals surface area contributed by atoms with Crippen LogP contribution >= 0.6 is 0 Å². The van der Waals surface area contributed by atoms with Crippen LogP contribution in [0.3, 0.4) is 0 Å². The van der Waals surface area contributed by atoms with Crippen LogP contribution in [0.2, 0.25) is 0 Å². The standard InChI is InChI=1S/C17H33N/c1-6-11-18-13-14(2)12-15-7-9-16(10-8-15)17(3,4)5/h12,15-16,18H,6-11,13H2,1-5H3. The minimum Gasteiger partial charge on any atom is -0.313 e. The van der Waals surface area contributed by atoms with E-state index < -0.39 is 0 Å². The highest BCUT2D eigenvalue weighted by Crippen LogP contribution is 2.40. The fourth-order valence-electron chi connectivity index (χ4n) is 3.08. The molecule has 1 fully saturated rings. The van der Waals surface area contributed by atoms with Crippen molar-refractivity contribution in [3.8, 4) is 0 Å². The quantitative estimate of drug-likeness (QED) is 0.547. The molecule has 106 valence electrons. The zero-order chi connectivity index (χ0) is 13.6. The SMILES string of the molecule is CCCNCC(C)=CC1CCC(C(C)(C)C)CC1. The molecule has 0 aromatic rings. The second-order valence-corrected chi connectivity index (χ2v) is 7.17. The predicted molar refractivity (Wildman–Crippen MR) is 81.8 cm³/mol. The van der Waals surface area contributed by atoms with Gasteiger partial charge in [-0.05, 0) is 62.8 Å². The number of rotatable bonds is 5. The highest BCUT2D eigenvalue weighted by Gasteiger charge is 2.28. The molecular weight excluding hydrogens is 218 g/mol. The van der Waals surface area contributed by atoms with Gasteiger partial charge < -0.3 is 5.32 Å². The Balaban J connectivity index is 2.32. The Morgan fingerprint density at radius 2 is 1.78 bits per heavy atom. The summed E-state index contributed by atoms with van der Waals surface area (Å²) in [5, 5.41) is 3.49. The molecule has 0 amide bonds. The maximum absolute atomic E-state index is 3.49. The average Bonchev–Trinajstić information content (AvgIpc) is 2.29. The first-order valence-corrected chi connectivity index (χ1v) is 7.81. The summed E-state index contributed by atoms with van der Waals surface area (Å²) in [6, 6.07) is 0. The third kappa shape index (κ3) is 5.56. The first-order valence-electron chi connectivity index (χ1n) is 7.81. The van der Waals surface area contributed by atoms with E-state index in [-0.39, 0.29) is 0 Å². The van der Waals surface area contributed by atoms with Gasteiger partial charge in [-0.15, -0.1) is 0 Å². The van der Waals surface area contributed by atoms with Crippen molar-refractivity contribution in [2.75, 3.05) is 13.1 Å². The molecule has 1 rings (SSSR count). The molecule has 0 aromatic carbocycles. The van der Waals surface area contributed by atoms with Gasteiger partial charge in [-0.3, -0.25) is 0 Å². The summed E-state index contributed by atoms with van der Waals surface area (Å²) in [6.07, 6.45) is 9.38. The highest BCUT2D eigenvalue weighted by molar-refractivity contribution is 5.04. The van der Waals surface area contributed by atoms with E-state index in [9.17, 15) is 0 Å². The van der Waals surface area contributed by atoms with E-state index in [2.05, 4.69) is 46.0 Å². The molecule has 0 unspecified atom stereocenters. The van der Waals surface area contributed by atoms with Crippen molar-refractivity contribution >= 4 is 0 Å². The number of hydrogen-bond donors (Lipinski definition) is 1. The molecule has 0 saturated heterocycles. The molecule has 1 aliphatic carbocycles. The van der Waals surface area contributed by atoms with Crippen LogP contribution in [0.1, 0.15) is 66.7 Å². The van der Waals surface area contributed by atoms with Crippen LogP contribution < -0.4 is 5.32 Å². The predicted octanol–water partition coefficient (Wildman–Crippen LogP) is 4.78. The van der Waals surface area contributed by atoms with Crippen LogP contribution in [0.4, 0.5) is 0 Å². The number of nitrogens with one attached hydrogen (secondary N) is 1. The maximum atomic E-state index is 3.49. The van der Waals surface area contributed by atoms with Gasteiger partial charge in [0, 0.05) is 6.54 Å². The minimum absolute atomic E-state index is 0.506. The molecule has 1 aliphatic rings. The molecule has 0 radical (unpaired) electrons. The second kappa shape index (κ2) is 7.33. The lowest BCUT2D eigenvalue weighted by Gasteiger charge is -2.36. The lowest BCUT2D eigenvalue weighted by molar-refractivity contribution is 0.162. The molecule has 0 spiro atoms. The van der Waals surface area contributed by atoms with E-state index in [4.69, 9.17) is 0 Å². The Kier molecular flexibility index (Phi) is 6.42. The first kappa shape index (κ1) is 15.8. The molecule has 1 N–H and O–H groups in total. The fourth-order valence-corrected chi connectivity index (χ4v) is 3.08. The van der Waals surface area contributed by atoms with Gasteiger partial charge in [-0.1, -0.05) is 39.3 Å². The largest absolute Gasteiger partial charge is 0.313 e. The monoisotopic (exact) mass is 251 g/mol. The van der Waals surface area contributed by atoms with Gasteiger partial charge in [0.15, 0.2) is 0 Å². The Labute approximate surface area is 114 Å². The van der Waals surface area contributed by atoms with Crippen LogP contribution in [-0.2, 0) is 0 Å². The molecule has 1 heteroatoms. The summed E-state index contributed by atoms with van der Waals surface area (Å²) >= 11 is 0. The van der Waals surface area contributed by atoms with Gasteiger partial charge >= 0.3 is 0 Å². The normalized spacial score (nSPS) is 26.4. The molecule has 0 aliphatic heterocycles. The summed E-state index contributed by atoms with van der Waals surface area (Å²) in [5.74, 6) is 1.77. The van der Waals surface area contributed by atoms with Crippen molar-refractivity contribution < 1.29 is 0 Å². The summed E-state index contributed by atoms with van der Waals surface area (Å²) in [4.78, 5) is 0. The molecule has 1 nitrogen and oxygen atoms in total. The van der Waals surface area contributed by atoms with Gasteiger partial charge in [-0.2, -0.15) is 0 Å². The van der Waals surface area contributed by atoms with E-state index in [1.54, 1.807) is 0 Å². The van der Waals surface area contributed by atoms with Crippen molar-refractivity contribution in [2.24, 2.45) is 17.3 Å². The Morgan fingerprint density at radius 3 is 2.28 bits per heavy atom. The molecule has 0 aromatic heterocycles. The summed E-state index contributed by atoms with van der Waals surface area (Å²) in [5.41, 5.74) is 2.04. The van der Waals surface area contributed by atoms with Gasteiger partial charge in [0.1, 0.15) is 0 Å².